The Balaban J connectivity index is 2.21. The van der Waals surface area contributed by atoms with Gasteiger partial charge in [-0.15, -0.1) is 0 Å². The molecule has 0 aliphatic heterocycles. The van der Waals surface area contributed by atoms with Gasteiger partial charge in [-0.05, 0) is 73.2 Å². The molecule has 5 N–H and O–H groups in total. The van der Waals surface area contributed by atoms with Crippen LogP contribution in [-0.2, 0) is 9.53 Å². The average molecular weight is 508 g/mol. The Kier molecular flexibility index (Phi) is 9.00. The van der Waals surface area contributed by atoms with Crippen molar-refractivity contribution in [3.05, 3.63) is 81.6 Å². The number of rotatable bonds is 10. The van der Waals surface area contributed by atoms with Crippen LogP contribution in [0.4, 0.5) is 5.69 Å². The summed E-state index contributed by atoms with van der Waals surface area (Å²) in [5, 5.41) is 24.0. The van der Waals surface area contributed by atoms with E-state index in [9.17, 15) is 9.59 Å². The van der Waals surface area contributed by atoms with Crippen molar-refractivity contribution in [1.82, 2.24) is 5.32 Å². The topological polar surface area (TPSA) is 120 Å². The van der Waals surface area contributed by atoms with E-state index in [1.807, 2.05) is 40.1 Å². The van der Waals surface area contributed by atoms with Crippen LogP contribution in [-0.4, -0.2) is 50.0 Å². The van der Waals surface area contributed by atoms with Crippen molar-refractivity contribution in [1.29, 1.82) is 0 Å². The van der Waals surface area contributed by atoms with Gasteiger partial charge in [-0.25, -0.2) is 4.79 Å². The number of aliphatic carboxylic acids is 1. The number of allylic oxidation sites excluding steroid dienone is 4. The van der Waals surface area contributed by atoms with Crippen LogP contribution in [0.1, 0.15) is 53.2 Å². The number of likely N-dealkylation sites (N-methyl/N-ethyl adjacent to an activating group) is 1. The Morgan fingerprint density at radius 1 is 1.05 bits per heavy atom. The highest BCUT2D eigenvalue weighted by atomic mass is 16.5. The van der Waals surface area contributed by atoms with Crippen LogP contribution in [0.2, 0.25) is 0 Å². The lowest BCUT2D eigenvalue weighted by atomic mass is 9.85. The zero-order valence-electron chi connectivity index (χ0n) is 22.0. The molecule has 8 heteroatoms. The number of carbonyl (C=O) groups excluding carboxylic acids is 1. The number of carbonyl (C=O) groups is 2. The lowest BCUT2D eigenvalue weighted by Gasteiger charge is -2.21. The molecule has 0 aromatic heterocycles. The first-order valence-electron chi connectivity index (χ1n) is 12.1. The van der Waals surface area contributed by atoms with Gasteiger partial charge in [0, 0.05) is 37.5 Å². The van der Waals surface area contributed by atoms with Gasteiger partial charge in [0.15, 0.2) is 0 Å². The van der Waals surface area contributed by atoms with E-state index in [2.05, 4.69) is 22.8 Å². The van der Waals surface area contributed by atoms with Crippen LogP contribution in [0.3, 0.4) is 0 Å². The Morgan fingerprint density at radius 2 is 1.81 bits per heavy atom. The summed E-state index contributed by atoms with van der Waals surface area (Å²) in [6.07, 6.45) is 5.15. The maximum absolute atomic E-state index is 13.0. The quantitative estimate of drug-likeness (QED) is 0.241. The number of hydrogen-bond donors (Lipinski definition) is 3. The molecule has 0 saturated heterocycles. The van der Waals surface area contributed by atoms with E-state index >= 15 is 0 Å². The zero-order valence-corrected chi connectivity index (χ0v) is 22.0. The summed E-state index contributed by atoms with van der Waals surface area (Å²) >= 11 is 0. The van der Waals surface area contributed by atoms with Crippen molar-refractivity contribution in [2.75, 3.05) is 33.1 Å². The minimum Gasteiger partial charge on any atom is -0.593 e. The van der Waals surface area contributed by atoms with E-state index in [1.54, 1.807) is 18.2 Å². The van der Waals surface area contributed by atoms with Crippen LogP contribution < -0.4 is 15.4 Å². The Hall–Kier alpha value is -4.20. The number of benzene rings is 2. The van der Waals surface area contributed by atoms with Gasteiger partial charge < -0.3 is 30.3 Å². The molecule has 1 aliphatic rings. The van der Waals surface area contributed by atoms with Crippen molar-refractivity contribution in [2.24, 2.45) is 0 Å². The highest BCUT2D eigenvalue weighted by molar-refractivity contribution is 6.00. The molecule has 0 bridgehead atoms. The third-order valence-corrected chi connectivity index (χ3v) is 6.30. The average Bonchev–Trinajstić information content (AvgIpc) is 2.88. The second-order valence-corrected chi connectivity index (χ2v) is 8.81. The van der Waals surface area contributed by atoms with E-state index in [1.165, 1.54) is 7.11 Å². The summed E-state index contributed by atoms with van der Waals surface area (Å²) in [6, 6.07) is 8.94. The number of anilines is 1. The van der Waals surface area contributed by atoms with E-state index in [0.29, 0.717) is 41.0 Å². The van der Waals surface area contributed by atoms with Gasteiger partial charge in [0.05, 0.1) is 30.9 Å². The molecule has 0 saturated carbocycles. The minimum atomic E-state index is -0.887. The van der Waals surface area contributed by atoms with Gasteiger partial charge >= 0.3 is 11.9 Å². The van der Waals surface area contributed by atoms with E-state index in [-0.39, 0.29) is 13.0 Å². The molecule has 37 heavy (non-hydrogen) atoms. The molecule has 0 spiro atoms. The van der Waals surface area contributed by atoms with E-state index in [0.717, 1.165) is 33.7 Å². The summed E-state index contributed by atoms with van der Waals surface area (Å²) in [4.78, 5) is 23.8. The van der Waals surface area contributed by atoms with Gasteiger partial charge in [0.1, 0.15) is 5.75 Å². The highest BCUT2D eigenvalue weighted by Crippen LogP contribution is 2.41. The van der Waals surface area contributed by atoms with Crippen LogP contribution in [0.5, 0.6) is 11.5 Å². The fourth-order valence-corrected chi connectivity index (χ4v) is 4.44. The molecule has 2 aromatic carbocycles. The number of methoxy groups -OCH3 is 1. The van der Waals surface area contributed by atoms with Gasteiger partial charge in [-0.2, -0.15) is 0 Å². The van der Waals surface area contributed by atoms with E-state index < -0.39 is 11.9 Å². The summed E-state index contributed by atoms with van der Waals surface area (Å²) in [5.41, 5.74) is 7.33. The molecule has 0 amide bonds. The smallest absolute Gasteiger partial charge is 0.338 e. The van der Waals surface area contributed by atoms with Crippen LogP contribution >= 0.6 is 0 Å². The minimum absolute atomic E-state index is 0.000236. The summed E-state index contributed by atoms with van der Waals surface area (Å²) in [7, 11) is 5.03. The maximum atomic E-state index is 13.0. The van der Waals surface area contributed by atoms with E-state index in [4.69, 9.17) is 19.7 Å². The monoisotopic (exact) mass is 507 g/mol. The molecule has 0 heterocycles. The van der Waals surface area contributed by atoms with Crippen LogP contribution in [0.15, 0.2) is 59.3 Å². The van der Waals surface area contributed by atoms with Crippen molar-refractivity contribution in [3.8, 4) is 11.5 Å². The normalized spacial score (nSPS) is 14.3. The molecule has 8 nitrogen and oxygen atoms in total. The first-order chi connectivity index (χ1) is 17.7. The van der Waals surface area contributed by atoms with Gasteiger partial charge in [0.25, 0.3) is 5.75 Å². The molecule has 0 radical (unpaired) electrons. The largest absolute Gasteiger partial charge is 0.593 e. The molecule has 1 aliphatic carbocycles. The predicted molar refractivity (Wildman–Crippen MR) is 145 cm³/mol. The summed E-state index contributed by atoms with van der Waals surface area (Å²) < 4.78 is 10.9. The first kappa shape index (κ1) is 27.4. The number of carboxylic acids is 1. The van der Waals surface area contributed by atoms with Crippen LogP contribution in [0, 0.1) is 6.92 Å². The number of nitrogens with one attached hydrogen (secondary N) is 2. The number of aryl methyl sites for hydroxylation is 1. The maximum Gasteiger partial charge on any atom is 0.338 e. The van der Waals surface area contributed by atoms with Crippen LogP contribution in [0.25, 0.3) is 5.57 Å². The predicted octanol–water partition coefficient (Wildman–Crippen LogP) is 4.76. The Labute approximate surface area is 217 Å². The van der Waals surface area contributed by atoms with Crippen molar-refractivity contribution >= 4 is 23.2 Å². The lowest BCUT2D eigenvalue weighted by molar-refractivity contribution is -0.137. The first-order valence-corrected chi connectivity index (χ1v) is 12.1. The summed E-state index contributed by atoms with van der Waals surface area (Å²) in [6.45, 7) is 4.21. The number of hydrogen-bond acceptors (Lipinski definition) is 6. The van der Waals surface area contributed by atoms with Crippen molar-refractivity contribution in [3.63, 3.8) is 0 Å². The molecular weight excluding hydrogens is 472 g/mol. The standard InChI is InChI=1S/C29H34N2O6/c1-17-13-19(8-11-24(17)30-3)28(23-14-18(2)25(31-4)16-26(23)32)21-10-9-20(15-22(21)29(35)36-5)37-12-6-7-27(33)34/h9-11,13-16,30-32H,6-8,12H2,1-5H3,(H,33,34)/p+1/b28-19+. The second kappa shape index (κ2) is 12.2. The number of esters is 1. The molecule has 3 rings (SSSR count). The van der Waals surface area contributed by atoms with Gasteiger partial charge in [-0.1, -0.05) is 12.2 Å². The lowest BCUT2D eigenvalue weighted by Crippen LogP contribution is -2.12. The third kappa shape index (κ3) is 6.33. The second-order valence-electron chi connectivity index (χ2n) is 8.81. The molecule has 2 aromatic rings. The van der Waals surface area contributed by atoms with Crippen molar-refractivity contribution < 1.29 is 29.3 Å². The van der Waals surface area contributed by atoms with Gasteiger partial charge in [-0.3, -0.25) is 4.79 Å². The fraction of sp³-hybridized carbons (Fsp3) is 0.310. The number of carboxylic acid groups (broad SMARTS) is 1. The zero-order chi connectivity index (χ0) is 27.1. The highest BCUT2D eigenvalue weighted by Gasteiger charge is 2.25. The molecule has 0 atom stereocenters. The molecule has 0 unspecified atom stereocenters. The molecule has 196 valence electrons. The Bertz CT molecular complexity index is 1290. The molecular formula is C29H35N2O6+. The number of ether oxygens (including phenoxy) is 2. The summed E-state index contributed by atoms with van der Waals surface area (Å²) in [5.74, 6) is -0.638. The fourth-order valence-electron chi connectivity index (χ4n) is 4.44. The Morgan fingerprint density at radius 3 is 2.43 bits per heavy atom. The molecule has 0 fully saturated rings. The van der Waals surface area contributed by atoms with Gasteiger partial charge in [0.2, 0.25) is 0 Å². The third-order valence-electron chi connectivity index (χ3n) is 6.30. The SMILES string of the molecule is CNC1=CC/C(=C(\c2cc(C)c(NC)cc2[OH2+])c2ccc(OCCCC(=O)O)cc2C(=O)OC)C=C1C. The van der Waals surface area contributed by atoms with Crippen molar-refractivity contribution in [2.45, 2.75) is 33.1 Å².